The van der Waals surface area contributed by atoms with Gasteiger partial charge in [0.15, 0.2) is 16.8 Å². The largest absolute Gasteiger partial charge is 0.388 e. The first-order valence-electron chi connectivity index (χ1n) is 7.15. The Bertz CT molecular complexity index is 620. The number of thioether (sulfide) groups is 1. The van der Waals surface area contributed by atoms with Gasteiger partial charge in [-0.05, 0) is 19.8 Å². The Labute approximate surface area is 127 Å². The summed E-state index contributed by atoms with van der Waals surface area (Å²) in [5.41, 5.74) is 0. The van der Waals surface area contributed by atoms with E-state index >= 15 is 0 Å². The van der Waals surface area contributed by atoms with Gasteiger partial charge in [0.05, 0.1) is 5.25 Å². The molecule has 1 fully saturated rings. The maximum Gasteiger partial charge on any atom is 0.239 e. The molecule has 1 unspecified atom stereocenters. The van der Waals surface area contributed by atoms with E-state index in [0.717, 1.165) is 23.8 Å². The van der Waals surface area contributed by atoms with Gasteiger partial charge in [-0.25, -0.2) is 0 Å². The molecule has 1 atom stereocenters. The molecule has 2 aromatic rings. The van der Waals surface area contributed by atoms with Crippen molar-refractivity contribution < 1.29 is 9.63 Å². The van der Waals surface area contributed by atoms with Gasteiger partial charge in [0.1, 0.15) is 6.61 Å². The molecule has 1 aliphatic carbocycles. The van der Waals surface area contributed by atoms with Gasteiger partial charge in [-0.3, -0.25) is 0 Å². The molecule has 0 aromatic carbocycles. The van der Waals surface area contributed by atoms with E-state index in [4.69, 9.17) is 4.52 Å². The van der Waals surface area contributed by atoms with Crippen LogP contribution >= 0.6 is 11.8 Å². The predicted octanol–water partition coefficient (Wildman–Crippen LogP) is 2.46. The zero-order valence-corrected chi connectivity index (χ0v) is 13.2. The lowest BCUT2D eigenvalue weighted by Gasteiger charge is -2.09. The number of rotatable bonds is 6. The van der Waals surface area contributed by atoms with E-state index in [1.165, 1.54) is 11.8 Å². The minimum Gasteiger partial charge on any atom is -0.388 e. The predicted molar refractivity (Wildman–Crippen MR) is 76.9 cm³/mol. The third-order valence-corrected chi connectivity index (χ3v) is 4.44. The second-order valence-electron chi connectivity index (χ2n) is 5.56. The normalized spacial score (nSPS) is 16.6. The Morgan fingerprint density at radius 3 is 2.67 bits per heavy atom. The molecular weight excluding hydrogens is 290 g/mol. The summed E-state index contributed by atoms with van der Waals surface area (Å²) in [6.45, 7) is 5.98. The number of hydrogen-bond acceptors (Lipinski definition) is 7. The van der Waals surface area contributed by atoms with Crippen LogP contribution in [-0.4, -0.2) is 30.0 Å². The van der Waals surface area contributed by atoms with Gasteiger partial charge in [-0.2, -0.15) is 4.98 Å². The van der Waals surface area contributed by atoms with Crippen molar-refractivity contribution in [3.63, 3.8) is 0 Å². The number of aliphatic hydroxyl groups is 1. The molecule has 1 saturated carbocycles. The van der Waals surface area contributed by atoms with E-state index < -0.39 is 0 Å². The van der Waals surface area contributed by atoms with E-state index in [0.29, 0.717) is 17.8 Å². The molecule has 2 heterocycles. The molecule has 1 N–H and O–H groups in total. The molecule has 0 spiro atoms. The summed E-state index contributed by atoms with van der Waals surface area (Å²) in [6.07, 6.45) is 2.23. The molecule has 2 aromatic heterocycles. The topological polar surface area (TPSA) is 89.9 Å². The number of aromatic nitrogens is 5. The number of hydrogen-bond donors (Lipinski definition) is 1. The average molecular weight is 309 g/mol. The zero-order chi connectivity index (χ0) is 15.0. The lowest BCUT2D eigenvalue weighted by molar-refractivity contribution is 0.263. The molecule has 8 heteroatoms. The first-order chi connectivity index (χ1) is 10.1. The minimum atomic E-state index is -0.0868. The molecule has 0 radical (unpaired) electrons. The summed E-state index contributed by atoms with van der Waals surface area (Å²) in [5, 5.41) is 22.4. The summed E-state index contributed by atoms with van der Waals surface area (Å²) >= 11 is 1.53. The third-order valence-electron chi connectivity index (χ3n) is 3.39. The standard InChI is InChI=1S/C13H19N5O2S/c1-7(2)11-14-12(20-17-11)8(3)21-13-16-15-10(6-19)18(13)9-4-5-9/h7-9,19H,4-6H2,1-3H3. The Kier molecular flexibility index (Phi) is 3.99. The molecule has 0 saturated heterocycles. The Morgan fingerprint density at radius 2 is 2.10 bits per heavy atom. The van der Waals surface area contributed by atoms with Crippen LogP contribution in [0.25, 0.3) is 0 Å². The van der Waals surface area contributed by atoms with Crippen molar-refractivity contribution in [1.29, 1.82) is 0 Å². The van der Waals surface area contributed by atoms with Crippen molar-refractivity contribution in [3.8, 4) is 0 Å². The van der Waals surface area contributed by atoms with Crippen LogP contribution < -0.4 is 0 Å². The van der Waals surface area contributed by atoms with Crippen molar-refractivity contribution in [2.75, 3.05) is 0 Å². The molecule has 1 aliphatic rings. The summed E-state index contributed by atoms with van der Waals surface area (Å²) < 4.78 is 7.35. The van der Waals surface area contributed by atoms with E-state index in [9.17, 15) is 5.11 Å². The molecule has 21 heavy (non-hydrogen) atoms. The fraction of sp³-hybridized carbons (Fsp3) is 0.692. The van der Waals surface area contributed by atoms with Crippen molar-refractivity contribution in [2.24, 2.45) is 0 Å². The van der Waals surface area contributed by atoms with Crippen LogP contribution in [-0.2, 0) is 6.61 Å². The summed E-state index contributed by atoms with van der Waals surface area (Å²) in [5.74, 6) is 2.19. The highest BCUT2D eigenvalue weighted by atomic mass is 32.2. The van der Waals surface area contributed by atoms with Gasteiger partial charge in [0, 0.05) is 12.0 Å². The lowest BCUT2D eigenvalue weighted by atomic mass is 10.2. The van der Waals surface area contributed by atoms with Gasteiger partial charge in [0.25, 0.3) is 0 Å². The molecule has 0 aliphatic heterocycles. The van der Waals surface area contributed by atoms with Gasteiger partial charge in [0.2, 0.25) is 5.89 Å². The zero-order valence-electron chi connectivity index (χ0n) is 12.4. The highest BCUT2D eigenvalue weighted by Crippen LogP contribution is 2.41. The maximum atomic E-state index is 9.35. The molecule has 7 nitrogen and oxygen atoms in total. The number of nitrogens with zero attached hydrogens (tertiary/aromatic N) is 5. The van der Waals surface area contributed by atoms with Crippen LogP contribution in [0.1, 0.15) is 68.4 Å². The van der Waals surface area contributed by atoms with Crippen LogP contribution in [0.3, 0.4) is 0 Å². The smallest absolute Gasteiger partial charge is 0.239 e. The second kappa shape index (κ2) is 5.76. The van der Waals surface area contributed by atoms with E-state index in [-0.39, 0.29) is 17.8 Å². The quantitative estimate of drug-likeness (QED) is 0.820. The van der Waals surface area contributed by atoms with Crippen LogP contribution in [0.15, 0.2) is 9.68 Å². The molecule has 0 bridgehead atoms. The summed E-state index contributed by atoms with van der Waals surface area (Å²) in [7, 11) is 0. The van der Waals surface area contributed by atoms with Crippen LogP contribution in [0.2, 0.25) is 0 Å². The van der Waals surface area contributed by atoms with Gasteiger partial charge in [-0.1, -0.05) is 30.8 Å². The number of aliphatic hydroxyl groups excluding tert-OH is 1. The fourth-order valence-electron chi connectivity index (χ4n) is 2.05. The Hall–Kier alpha value is -1.41. The first-order valence-corrected chi connectivity index (χ1v) is 8.03. The molecule has 0 amide bonds. The highest BCUT2D eigenvalue weighted by Gasteiger charge is 2.30. The SMILES string of the molecule is CC(C)c1noc(C(C)Sc2nnc(CO)n2C2CC2)n1. The van der Waals surface area contributed by atoms with Gasteiger partial charge >= 0.3 is 0 Å². The summed E-state index contributed by atoms with van der Waals surface area (Å²) in [4.78, 5) is 4.42. The summed E-state index contributed by atoms with van der Waals surface area (Å²) in [6, 6.07) is 0.422. The fourth-order valence-corrected chi connectivity index (χ4v) is 3.02. The van der Waals surface area contributed by atoms with Gasteiger partial charge < -0.3 is 14.2 Å². The first kappa shape index (κ1) is 14.5. The van der Waals surface area contributed by atoms with Crippen molar-refractivity contribution in [2.45, 2.75) is 62.6 Å². The lowest BCUT2D eigenvalue weighted by Crippen LogP contribution is -2.03. The molecular formula is C13H19N5O2S. The molecule has 114 valence electrons. The Morgan fingerprint density at radius 1 is 1.33 bits per heavy atom. The van der Waals surface area contributed by atoms with E-state index in [2.05, 4.69) is 20.3 Å². The van der Waals surface area contributed by atoms with E-state index in [1.807, 2.05) is 25.3 Å². The third kappa shape index (κ3) is 2.96. The monoisotopic (exact) mass is 309 g/mol. The van der Waals surface area contributed by atoms with Crippen molar-refractivity contribution in [1.82, 2.24) is 24.9 Å². The molecule has 3 rings (SSSR count). The van der Waals surface area contributed by atoms with Crippen LogP contribution in [0, 0.1) is 0 Å². The maximum absolute atomic E-state index is 9.35. The van der Waals surface area contributed by atoms with E-state index in [1.54, 1.807) is 0 Å². The van der Waals surface area contributed by atoms with Gasteiger partial charge in [-0.15, -0.1) is 10.2 Å². The van der Waals surface area contributed by atoms with Crippen molar-refractivity contribution >= 4 is 11.8 Å². The average Bonchev–Trinajstić information content (AvgIpc) is 3.03. The Balaban J connectivity index is 1.77. The second-order valence-corrected chi connectivity index (χ2v) is 6.87. The van der Waals surface area contributed by atoms with Crippen LogP contribution in [0.4, 0.5) is 0 Å². The van der Waals surface area contributed by atoms with Crippen molar-refractivity contribution in [3.05, 3.63) is 17.5 Å². The van der Waals surface area contributed by atoms with Crippen LogP contribution in [0.5, 0.6) is 0 Å². The minimum absolute atomic E-state index is 0.00163. The highest BCUT2D eigenvalue weighted by molar-refractivity contribution is 7.99.